The van der Waals surface area contributed by atoms with Crippen molar-refractivity contribution in [1.29, 1.82) is 0 Å². The van der Waals surface area contributed by atoms with Crippen molar-refractivity contribution in [2.24, 2.45) is 0 Å². The molecule has 3 heteroatoms. The monoisotopic (exact) mass is 372 g/mol. The molecule has 0 saturated heterocycles. The van der Waals surface area contributed by atoms with Gasteiger partial charge in [-0.3, -0.25) is 4.79 Å². The van der Waals surface area contributed by atoms with Gasteiger partial charge < -0.3 is 5.32 Å². The molecule has 1 amide bonds. The van der Waals surface area contributed by atoms with E-state index in [1.807, 2.05) is 25.1 Å². The Balaban J connectivity index is 1.89. The van der Waals surface area contributed by atoms with Gasteiger partial charge in [-0.25, -0.2) is 4.98 Å². The maximum absolute atomic E-state index is 13.4. The van der Waals surface area contributed by atoms with E-state index in [1.165, 1.54) is 19.3 Å². The van der Waals surface area contributed by atoms with Crippen LogP contribution in [0.5, 0.6) is 0 Å². The number of benzene rings is 2. The Kier molecular flexibility index (Phi) is 5.17. The lowest BCUT2D eigenvalue weighted by Crippen LogP contribution is -2.36. The van der Waals surface area contributed by atoms with Gasteiger partial charge in [0.2, 0.25) is 0 Å². The average molecular weight is 373 g/mol. The highest BCUT2D eigenvalue weighted by atomic mass is 16.1. The zero-order valence-electron chi connectivity index (χ0n) is 17.0. The fourth-order valence-electron chi connectivity index (χ4n) is 4.49. The van der Waals surface area contributed by atoms with Gasteiger partial charge in [-0.2, -0.15) is 0 Å². The predicted octanol–water partition coefficient (Wildman–Crippen LogP) is 5.89. The fourth-order valence-corrected chi connectivity index (χ4v) is 4.49. The molecule has 1 heterocycles. The van der Waals surface area contributed by atoms with E-state index >= 15 is 0 Å². The maximum atomic E-state index is 13.4. The number of hydrogen-bond acceptors (Lipinski definition) is 2. The van der Waals surface area contributed by atoms with Gasteiger partial charge in [0.15, 0.2) is 0 Å². The third kappa shape index (κ3) is 3.54. The Bertz CT molecular complexity index is 1020. The second-order valence-corrected chi connectivity index (χ2v) is 8.11. The number of aryl methyl sites for hydroxylation is 2. The van der Waals surface area contributed by atoms with Crippen LogP contribution in [-0.2, 0) is 0 Å². The number of fused-ring (bicyclic) bond motifs is 1. The number of rotatable bonds is 3. The molecule has 0 radical (unpaired) electrons. The number of nitrogens with zero attached hydrogens (tertiary/aromatic N) is 1. The SMILES string of the molecule is Cc1cc(C)c2nc(-c3ccccc3)c(C)c(C(=O)NC3CCCCC3)c2c1. The van der Waals surface area contributed by atoms with E-state index in [9.17, 15) is 4.79 Å². The zero-order chi connectivity index (χ0) is 19.7. The van der Waals surface area contributed by atoms with Gasteiger partial charge in [0, 0.05) is 17.0 Å². The standard InChI is InChI=1S/C25H28N2O/c1-16-14-17(2)23-21(15-16)22(25(28)26-20-12-8-5-9-13-20)18(3)24(27-23)19-10-6-4-7-11-19/h4,6-7,10-11,14-15,20H,5,8-9,12-13H2,1-3H3,(H,26,28). The molecule has 0 atom stereocenters. The summed E-state index contributed by atoms with van der Waals surface area (Å²) < 4.78 is 0. The smallest absolute Gasteiger partial charge is 0.252 e. The Morgan fingerprint density at radius 1 is 1.00 bits per heavy atom. The van der Waals surface area contributed by atoms with Crippen molar-refractivity contribution < 1.29 is 4.79 Å². The Labute approximate surface area is 167 Å². The first-order valence-electron chi connectivity index (χ1n) is 10.3. The molecule has 4 rings (SSSR count). The molecule has 0 unspecified atom stereocenters. The van der Waals surface area contributed by atoms with Crippen LogP contribution in [-0.4, -0.2) is 16.9 Å². The largest absolute Gasteiger partial charge is 0.349 e. The summed E-state index contributed by atoms with van der Waals surface area (Å²) in [5.41, 5.74) is 6.87. The zero-order valence-corrected chi connectivity index (χ0v) is 17.0. The van der Waals surface area contributed by atoms with Crippen LogP contribution in [0.2, 0.25) is 0 Å². The normalized spacial score (nSPS) is 15.0. The van der Waals surface area contributed by atoms with Gasteiger partial charge in [0.1, 0.15) is 0 Å². The molecule has 3 aromatic rings. The van der Waals surface area contributed by atoms with E-state index in [0.717, 1.165) is 57.3 Å². The van der Waals surface area contributed by atoms with Crippen molar-refractivity contribution in [2.75, 3.05) is 0 Å². The third-order valence-corrected chi connectivity index (χ3v) is 5.88. The van der Waals surface area contributed by atoms with E-state index < -0.39 is 0 Å². The Hall–Kier alpha value is -2.68. The first-order chi connectivity index (χ1) is 13.5. The van der Waals surface area contributed by atoms with Crippen molar-refractivity contribution in [2.45, 2.75) is 58.9 Å². The summed E-state index contributed by atoms with van der Waals surface area (Å²) in [7, 11) is 0. The highest BCUT2D eigenvalue weighted by Gasteiger charge is 2.23. The Morgan fingerprint density at radius 2 is 1.71 bits per heavy atom. The quantitative estimate of drug-likeness (QED) is 0.623. The topological polar surface area (TPSA) is 42.0 Å². The summed E-state index contributed by atoms with van der Waals surface area (Å²) in [5.74, 6) is 0.0407. The number of carbonyl (C=O) groups is 1. The molecule has 1 fully saturated rings. The van der Waals surface area contributed by atoms with Gasteiger partial charge in [-0.15, -0.1) is 0 Å². The van der Waals surface area contributed by atoms with E-state index in [4.69, 9.17) is 4.98 Å². The number of pyridine rings is 1. The van der Waals surface area contributed by atoms with Gasteiger partial charge in [-0.05, 0) is 50.8 Å². The van der Waals surface area contributed by atoms with Gasteiger partial charge in [0.25, 0.3) is 5.91 Å². The second-order valence-electron chi connectivity index (χ2n) is 8.11. The molecule has 1 saturated carbocycles. The minimum absolute atomic E-state index is 0.0407. The summed E-state index contributed by atoms with van der Waals surface area (Å²) in [6, 6.07) is 14.7. The van der Waals surface area contributed by atoms with E-state index in [1.54, 1.807) is 0 Å². The molecular formula is C25H28N2O. The lowest BCUT2D eigenvalue weighted by molar-refractivity contribution is 0.0929. The van der Waals surface area contributed by atoms with Crippen molar-refractivity contribution in [3.8, 4) is 11.3 Å². The lowest BCUT2D eigenvalue weighted by atomic mass is 9.92. The van der Waals surface area contributed by atoms with E-state index in [2.05, 4.69) is 43.4 Å². The number of amides is 1. The Morgan fingerprint density at radius 3 is 2.43 bits per heavy atom. The van der Waals surface area contributed by atoms with Crippen molar-refractivity contribution >= 4 is 16.8 Å². The molecule has 28 heavy (non-hydrogen) atoms. The first kappa shape index (κ1) is 18.7. The number of nitrogens with one attached hydrogen (secondary N) is 1. The van der Waals surface area contributed by atoms with Crippen molar-refractivity contribution in [3.63, 3.8) is 0 Å². The number of carbonyl (C=O) groups excluding carboxylic acids is 1. The van der Waals surface area contributed by atoms with Crippen LogP contribution in [0.1, 0.15) is 59.2 Å². The number of aromatic nitrogens is 1. The highest BCUT2D eigenvalue weighted by Crippen LogP contribution is 2.32. The first-order valence-corrected chi connectivity index (χ1v) is 10.3. The molecule has 1 aliphatic rings. The summed E-state index contributed by atoms with van der Waals surface area (Å²) in [5, 5.41) is 4.28. The van der Waals surface area contributed by atoms with Crippen LogP contribution in [0.4, 0.5) is 0 Å². The molecule has 0 aliphatic heterocycles. The molecule has 144 valence electrons. The molecule has 2 aromatic carbocycles. The summed E-state index contributed by atoms with van der Waals surface area (Å²) >= 11 is 0. The molecule has 1 aliphatic carbocycles. The predicted molar refractivity (Wildman–Crippen MR) is 116 cm³/mol. The highest BCUT2D eigenvalue weighted by molar-refractivity contribution is 6.09. The fraction of sp³-hybridized carbons (Fsp3) is 0.360. The average Bonchev–Trinajstić information content (AvgIpc) is 2.69. The minimum Gasteiger partial charge on any atom is -0.349 e. The van der Waals surface area contributed by atoms with Gasteiger partial charge in [-0.1, -0.05) is 61.2 Å². The maximum Gasteiger partial charge on any atom is 0.252 e. The molecule has 3 nitrogen and oxygen atoms in total. The van der Waals surface area contributed by atoms with Crippen LogP contribution in [0, 0.1) is 20.8 Å². The summed E-state index contributed by atoms with van der Waals surface area (Å²) in [4.78, 5) is 18.4. The van der Waals surface area contributed by atoms with Crippen molar-refractivity contribution in [1.82, 2.24) is 10.3 Å². The number of hydrogen-bond donors (Lipinski definition) is 1. The molecule has 0 bridgehead atoms. The van der Waals surface area contributed by atoms with Crippen LogP contribution in [0.25, 0.3) is 22.2 Å². The van der Waals surface area contributed by atoms with Crippen LogP contribution < -0.4 is 5.32 Å². The third-order valence-electron chi connectivity index (χ3n) is 5.88. The van der Waals surface area contributed by atoms with Crippen LogP contribution in [0.3, 0.4) is 0 Å². The van der Waals surface area contributed by atoms with Crippen LogP contribution >= 0.6 is 0 Å². The summed E-state index contributed by atoms with van der Waals surface area (Å²) in [6.07, 6.45) is 5.85. The molecule has 0 spiro atoms. The second kappa shape index (κ2) is 7.75. The van der Waals surface area contributed by atoms with Gasteiger partial charge in [0.05, 0.1) is 16.8 Å². The van der Waals surface area contributed by atoms with E-state index in [0.29, 0.717) is 0 Å². The summed E-state index contributed by atoms with van der Waals surface area (Å²) in [6.45, 7) is 6.19. The molecule has 1 aromatic heterocycles. The lowest BCUT2D eigenvalue weighted by Gasteiger charge is -2.24. The molecule has 1 N–H and O–H groups in total. The molecular weight excluding hydrogens is 344 g/mol. The van der Waals surface area contributed by atoms with Crippen LogP contribution in [0.15, 0.2) is 42.5 Å². The van der Waals surface area contributed by atoms with Crippen molar-refractivity contribution in [3.05, 3.63) is 64.7 Å². The minimum atomic E-state index is 0.0407. The van der Waals surface area contributed by atoms with E-state index in [-0.39, 0.29) is 11.9 Å². The van der Waals surface area contributed by atoms with Gasteiger partial charge >= 0.3 is 0 Å².